The van der Waals surface area contributed by atoms with Crippen molar-refractivity contribution in [2.45, 2.75) is 13.5 Å². The van der Waals surface area contributed by atoms with Crippen LogP contribution in [0.4, 0.5) is 4.39 Å². The molecule has 0 aliphatic heterocycles. The molecule has 0 saturated carbocycles. The lowest BCUT2D eigenvalue weighted by atomic mass is 10.1. The number of ether oxygens (including phenoxy) is 1. The van der Waals surface area contributed by atoms with Crippen molar-refractivity contribution in [3.8, 4) is 5.75 Å². The van der Waals surface area contributed by atoms with Gasteiger partial charge in [-0.05, 0) is 43.3 Å². The van der Waals surface area contributed by atoms with Crippen LogP contribution in [0, 0.1) is 5.82 Å². The smallest absolute Gasteiger partial charge is 0.159 e. The van der Waals surface area contributed by atoms with Gasteiger partial charge < -0.3 is 4.74 Å². The molecule has 0 spiro atoms. The molecule has 0 radical (unpaired) electrons. The van der Waals surface area contributed by atoms with Crippen LogP contribution in [0.1, 0.15) is 22.8 Å². The SMILES string of the molecule is CC(=O)c1ccc(OCc2cc(Br)ccc2F)c(Cl)c1. The van der Waals surface area contributed by atoms with Gasteiger partial charge in [0.25, 0.3) is 0 Å². The maximum atomic E-state index is 13.6. The predicted molar refractivity (Wildman–Crippen MR) is 79.9 cm³/mol. The first-order chi connectivity index (χ1) is 9.47. The zero-order valence-electron chi connectivity index (χ0n) is 10.6. The normalized spacial score (nSPS) is 10.4. The summed E-state index contributed by atoms with van der Waals surface area (Å²) in [5.74, 6) is -0.00259. The third-order valence-corrected chi connectivity index (χ3v) is 3.52. The summed E-state index contributed by atoms with van der Waals surface area (Å²) in [7, 11) is 0. The lowest BCUT2D eigenvalue weighted by molar-refractivity contribution is 0.101. The molecule has 2 nitrogen and oxygen atoms in total. The second-order valence-corrected chi connectivity index (χ2v) is 5.55. The number of hydrogen-bond donors (Lipinski definition) is 0. The van der Waals surface area contributed by atoms with E-state index in [2.05, 4.69) is 15.9 Å². The highest BCUT2D eigenvalue weighted by atomic mass is 79.9. The van der Waals surface area contributed by atoms with Crippen molar-refractivity contribution in [2.24, 2.45) is 0 Å². The Morgan fingerprint density at radius 2 is 2.05 bits per heavy atom. The number of carbonyl (C=O) groups excluding carboxylic acids is 1. The number of rotatable bonds is 4. The van der Waals surface area contributed by atoms with Gasteiger partial charge in [-0.25, -0.2) is 4.39 Å². The second-order valence-electron chi connectivity index (χ2n) is 4.23. The lowest BCUT2D eigenvalue weighted by Crippen LogP contribution is -2.00. The fourth-order valence-corrected chi connectivity index (χ4v) is 2.29. The first kappa shape index (κ1) is 15.0. The van der Waals surface area contributed by atoms with Crippen LogP contribution in [0.5, 0.6) is 5.75 Å². The molecule has 0 bridgehead atoms. The molecule has 0 aliphatic rings. The van der Waals surface area contributed by atoms with E-state index in [4.69, 9.17) is 16.3 Å². The Kier molecular flexibility index (Phi) is 4.78. The molecule has 0 saturated heterocycles. The van der Waals surface area contributed by atoms with E-state index in [0.29, 0.717) is 21.9 Å². The maximum Gasteiger partial charge on any atom is 0.159 e. The first-order valence-electron chi connectivity index (χ1n) is 5.84. The molecule has 2 rings (SSSR count). The van der Waals surface area contributed by atoms with E-state index >= 15 is 0 Å². The van der Waals surface area contributed by atoms with Crippen molar-refractivity contribution in [1.29, 1.82) is 0 Å². The van der Waals surface area contributed by atoms with Crippen LogP contribution in [-0.2, 0) is 6.61 Å². The molecule has 0 atom stereocenters. The third kappa shape index (κ3) is 3.58. The van der Waals surface area contributed by atoms with Crippen molar-refractivity contribution in [1.82, 2.24) is 0 Å². The highest BCUT2D eigenvalue weighted by Gasteiger charge is 2.08. The van der Waals surface area contributed by atoms with Gasteiger partial charge >= 0.3 is 0 Å². The Bertz CT molecular complexity index is 658. The molecule has 0 fully saturated rings. The van der Waals surface area contributed by atoms with E-state index in [1.165, 1.54) is 19.1 Å². The lowest BCUT2D eigenvalue weighted by Gasteiger charge is -2.10. The van der Waals surface area contributed by atoms with Crippen LogP contribution in [0.15, 0.2) is 40.9 Å². The third-order valence-electron chi connectivity index (χ3n) is 2.73. The number of ketones is 1. The minimum Gasteiger partial charge on any atom is -0.487 e. The Morgan fingerprint density at radius 1 is 1.30 bits per heavy atom. The van der Waals surface area contributed by atoms with E-state index in [0.717, 1.165) is 4.47 Å². The minimum atomic E-state index is -0.343. The molecule has 0 N–H and O–H groups in total. The standard InChI is InChI=1S/C15H11BrClFO2/c1-9(19)10-2-5-15(13(17)7-10)20-8-11-6-12(16)3-4-14(11)18/h2-7H,8H2,1H3. The Labute approximate surface area is 129 Å². The molecule has 0 aliphatic carbocycles. The summed E-state index contributed by atoms with van der Waals surface area (Å²) in [6, 6.07) is 9.40. The zero-order chi connectivity index (χ0) is 14.7. The molecule has 5 heteroatoms. The van der Waals surface area contributed by atoms with Crippen LogP contribution in [-0.4, -0.2) is 5.78 Å². The van der Waals surface area contributed by atoms with Crippen LogP contribution in [0.25, 0.3) is 0 Å². The van der Waals surface area contributed by atoms with Crippen LogP contribution < -0.4 is 4.74 Å². The van der Waals surface area contributed by atoms with Gasteiger partial charge in [-0.1, -0.05) is 27.5 Å². The number of Topliss-reactive ketones (excluding diaryl/α,β-unsaturated/α-hetero) is 1. The zero-order valence-corrected chi connectivity index (χ0v) is 13.0. The average Bonchev–Trinajstić information content (AvgIpc) is 2.40. The van der Waals surface area contributed by atoms with Crippen molar-refractivity contribution in [3.63, 3.8) is 0 Å². The van der Waals surface area contributed by atoms with Crippen LogP contribution in [0.3, 0.4) is 0 Å². The van der Waals surface area contributed by atoms with Gasteiger partial charge in [0.1, 0.15) is 18.2 Å². The average molecular weight is 358 g/mol. The summed E-state index contributed by atoms with van der Waals surface area (Å²) in [5.41, 5.74) is 0.932. The molecule has 2 aromatic carbocycles. The van der Waals surface area contributed by atoms with E-state index in [-0.39, 0.29) is 18.2 Å². The number of carbonyl (C=O) groups is 1. The number of hydrogen-bond acceptors (Lipinski definition) is 2. The van der Waals surface area contributed by atoms with E-state index in [9.17, 15) is 9.18 Å². The van der Waals surface area contributed by atoms with Crippen molar-refractivity contribution in [3.05, 3.63) is 62.8 Å². The monoisotopic (exact) mass is 356 g/mol. The summed E-state index contributed by atoms with van der Waals surface area (Å²) < 4.78 is 19.8. The molecule has 0 aromatic heterocycles. The van der Waals surface area contributed by atoms with Gasteiger partial charge in [0.15, 0.2) is 5.78 Å². The van der Waals surface area contributed by atoms with E-state index < -0.39 is 0 Å². The fourth-order valence-electron chi connectivity index (χ4n) is 1.65. The maximum absolute atomic E-state index is 13.6. The van der Waals surface area contributed by atoms with Gasteiger partial charge in [0, 0.05) is 15.6 Å². The first-order valence-corrected chi connectivity index (χ1v) is 7.01. The number of benzene rings is 2. The Hall–Kier alpha value is -1.39. The predicted octanol–water partition coefficient (Wildman–Crippen LogP) is 5.02. The van der Waals surface area contributed by atoms with Gasteiger partial charge in [-0.2, -0.15) is 0 Å². The second kappa shape index (κ2) is 6.37. The highest BCUT2D eigenvalue weighted by Crippen LogP contribution is 2.27. The molecule has 0 unspecified atom stereocenters. The summed E-state index contributed by atoms with van der Waals surface area (Å²) in [4.78, 5) is 11.2. The summed E-state index contributed by atoms with van der Waals surface area (Å²) in [5, 5.41) is 0.327. The van der Waals surface area contributed by atoms with Crippen molar-refractivity contribution >= 4 is 33.3 Å². The van der Waals surface area contributed by atoms with Crippen molar-refractivity contribution < 1.29 is 13.9 Å². The number of halogens is 3. The van der Waals surface area contributed by atoms with Gasteiger partial charge in [0.2, 0.25) is 0 Å². The Balaban J connectivity index is 2.15. The molecule has 2 aromatic rings. The topological polar surface area (TPSA) is 26.3 Å². The summed E-state index contributed by atoms with van der Waals surface area (Å²) in [6.07, 6.45) is 0. The van der Waals surface area contributed by atoms with Crippen molar-refractivity contribution in [2.75, 3.05) is 0 Å². The van der Waals surface area contributed by atoms with E-state index in [1.54, 1.807) is 24.3 Å². The largest absolute Gasteiger partial charge is 0.487 e. The molecule has 104 valence electrons. The van der Waals surface area contributed by atoms with Crippen LogP contribution in [0.2, 0.25) is 5.02 Å². The molecular weight excluding hydrogens is 347 g/mol. The highest BCUT2D eigenvalue weighted by molar-refractivity contribution is 9.10. The minimum absolute atomic E-state index is 0.0599. The van der Waals surface area contributed by atoms with Gasteiger partial charge in [0.05, 0.1) is 5.02 Å². The van der Waals surface area contributed by atoms with Gasteiger partial charge in [-0.15, -0.1) is 0 Å². The quantitative estimate of drug-likeness (QED) is 0.718. The summed E-state index contributed by atoms with van der Waals surface area (Å²) >= 11 is 9.31. The Morgan fingerprint density at radius 3 is 2.70 bits per heavy atom. The summed E-state index contributed by atoms with van der Waals surface area (Å²) in [6.45, 7) is 1.52. The fraction of sp³-hybridized carbons (Fsp3) is 0.133. The van der Waals surface area contributed by atoms with Crippen LogP contribution >= 0.6 is 27.5 Å². The molecule has 0 amide bonds. The molecular formula is C15H11BrClFO2. The van der Waals surface area contributed by atoms with E-state index in [1.807, 2.05) is 0 Å². The molecule has 0 heterocycles. The van der Waals surface area contributed by atoms with Gasteiger partial charge in [-0.3, -0.25) is 4.79 Å². The molecule has 20 heavy (non-hydrogen) atoms.